The minimum absolute atomic E-state index is 0.307. The lowest BCUT2D eigenvalue weighted by molar-refractivity contribution is 0.0601. The summed E-state index contributed by atoms with van der Waals surface area (Å²) in [6.45, 7) is 0. The molecule has 0 saturated carbocycles. The van der Waals surface area contributed by atoms with E-state index in [2.05, 4.69) is 36.4 Å². The van der Waals surface area contributed by atoms with Crippen molar-refractivity contribution in [2.75, 3.05) is 7.11 Å². The average Bonchev–Trinajstić information content (AvgIpc) is 3.00. The summed E-state index contributed by atoms with van der Waals surface area (Å²) in [7, 11) is 1.42. The fourth-order valence-electron chi connectivity index (χ4n) is 2.97. The van der Waals surface area contributed by atoms with Gasteiger partial charge in [-0.05, 0) is 17.7 Å². The van der Waals surface area contributed by atoms with E-state index in [-0.39, 0.29) is 5.97 Å². The molecule has 2 nitrogen and oxygen atoms in total. The van der Waals surface area contributed by atoms with Crippen LogP contribution >= 0.6 is 11.3 Å². The van der Waals surface area contributed by atoms with Crippen LogP contribution in [0, 0.1) is 0 Å². The molecule has 0 atom stereocenters. The van der Waals surface area contributed by atoms with Crippen molar-refractivity contribution in [3.8, 4) is 11.1 Å². The molecule has 1 heterocycles. The zero-order chi connectivity index (χ0) is 15.8. The van der Waals surface area contributed by atoms with Crippen molar-refractivity contribution in [2.45, 2.75) is 0 Å². The lowest BCUT2D eigenvalue weighted by Gasteiger charge is -2.09. The quantitative estimate of drug-likeness (QED) is 0.456. The molecule has 1 aromatic heterocycles. The Morgan fingerprint density at radius 3 is 2.39 bits per heavy atom. The molecule has 3 heteroatoms. The molecule has 0 N–H and O–H groups in total. The summed E-state index contributed by atoms with van der Waals surface area (Å²) >= 11 is 1.76. The van der Waals surface area contributed by atoms with E-state index in [0.717, 1.165) is 11.1 Å². The van der Waals surface area contributed by atoms with Crippen molar-refractivity contribution in [3.63, 3.8) is 0 Å². The molecule has 4 aromatic rings. The SMILES string of the molecule is COC(=O)c1ccccc1-c1cccc2c1sc1ccccc12. The second-order valence-corrected chi connectivity index (χ2v) is 6.37. The van der Waals surface area contributed by atoms with Gasteiger partial charge in [-0.25, -0.2) is 4.79 Å². The molecule has 0 aliphatic carbocycles. The lowest BCUT2D eigenvalue weighted by atomic mass is 9.98. The number of ether oxygens (including phenoxy) is 1. The standard InChI is InChI=1S/C20H14O2S/c1-22-20(21)17-9-3-2-7-13(17)15-10-6-11-16-14-8-4-5-12-18(14)23-19(15)16/h2-12H,1H3. The molecule has 0 amide bonds. The number of carbonyl (C=O) groups excluding carboxylic acids is 1. The molecule has 23 heavy (non-hydrogen) atoms. The minimum Gasteiger partial charge on any atom is -0.465 e. The number of thiophene rings is 1. The summed E-state index contributed by atoms with van der Waals surface area (Å²) in [6.07, 6.45) is 0. The zero-order valence-corrected chi connectivity index (χ0v) is 13.4. The first-order valence-electron chi connectivity index (χ1n) is 7.37. The molecule has 3 aromatic carbocycles. The van der Waals surface area contributed by atoms with Crippen molar-refractivity contribution in [1.82, 2.24) is 0 Å². The molecule has 4 rings (SSSR count). The Morgan fingerprint density at radius 2 is 1.52 bits per heavy atom. The molecule has 0 unspecified atom stereocenters. The van der Waals surface area contributed by atoms with E-state index in [1.165, 1.54) is 27.3 Å². The molecule has 0 aliphatic rings. The maximum Gasteiger partial charge on any atom is 0.338 e. The van der Waals surface area contributed by atoms with Gasteiger partial charge in [0.15, 0.2) is 0 Å². The normalized spacial score (nSPS) is 11.0. The van der Waals surface area contributed by atoms with Gasteiger partial charge in [-0.2, -0.15) is 0 Å². The van der Waals surface area contributed by atoms with Crippen molar-refractivity contribution in [3.05, 3.63) is 72.3 Å². The average molecular weight is 318 g/mol. The molecule has 112 valence electrons. The molecule has 0 spiro atoms. The number of benzene rings is 3. The van der Waals surface area contributed by atoms with Gasteiger partial charge in [0.1, 0.15) is 0 Å². The molecule has 0 fully saturated rings. The van der Waals surface area contributed by atoms with Crippen LogP contribution in [0.3, 0.4) is 0 Å². The Hall–Kier alpha value is -2.65. The van der Waals surface area contributed by atoms with Crippen molar-refractivity contribution < 1.29 is 9.53 Å². The smallest absolute Gasteiger partial charge is 0.338 e. The Labute approximate surface area is 137 Å². The van der Waals surface area contributed by atoms with Gasteiger partial charge in [0.25, 0.3) is 0 Å². The van der Waals surface area contributed by atoms with Gasteiger partial charge in [0.2, 0.25) is 0 Å². The van der Waals surface area contributed by atoms with Crippen LogP contribution in [0.15, 0.2) is 66.7 Å². The third-order valence-electron chi connectivity index (χ3n) is 4.03. The summed E-state index contributed by atoms with van der Waals surface area (Å²) in [5.74, 6) is -0.307. The number of fused-ring (bicyclic) bond motifs is 3. The lowest BCUT2D eigenvalue weighted by Crippen LogP contribution is -2.03. The number of esters is 1. The third kappa shape index (κ3) is 2.21. The van der Waals surface area contributed by atoms with Crippen molar-refractivity contribution in [1.29, 1.82) is 0 Å². The highest BCUT2D eigenvalue weighted by Crippen LogP contribution is 2.40. The second-order valence-electron chi connectivity index (χ2n) is 5.32. The first kappa shape index (κ1) is 14.0. The molecule has 0 bridgehead atoms. The maximum atomic E-state index is 12.1. The Morgan fingerprint density at radius 1 is 0.826 bits per heavy atom. The van der Waals surface area contributed by atoms with E-state index in [9.17, 15) is 4.79 Å². The number of hydrogen-bond acceptors (Lipinski definition) is 3. The van der Waals surface area contributed by atoms with Crippen molar-refractivity contribution in [2.24, 2.45) is 0 Å². The van der Waals surface area contributed by atoms with Gasteiger partial charge in [-0.1, -0.05) is 54.6 Å². The predicted octanol–water partition coefficient (Wildman–Crippen LogP) is 5.51. The summed E-state index contributed by atoms with van der Waals surface area (Å²) < 4.78 is 7.39. The van der Waals surface area contributed by atoms with E-state index in [1.54, 1.807) is 11.3 Å². The predicted molar refractivity (Wildman–Crippen MR) is 96.1 cm³/mol. The van der Waals surface area contributed by atoms with Crippen LogP contribution in [0.2, 0.25) is 0 Å². The first-order valence-corrected chi connectivity index (χ1v) is 8.19. The highest BCUT2D eigenvalue weighted by Gasteiger charge is 2.16. The third-order valence-corrected chi connectivity index (χ3v) is 5.25. The van der Waals surface area contributed by atoms with Crippen LogP contribution in [0.1, 0.15) is 10.4 Å². The summed E-state index contributed by atoms with van der Waals surface area (Å²) in [5, 5.41) is 2.48. The fourth-order valence-corrected chi connectivity index (χ4v) is 4.20. The number of hydrogen-bond donors (Lipinski definition) is 0. The molecule has 0 radical (unpaired) electrons. The second kappa shape index (κ2) is 5.52. The van der Waals surface area contributed by atoms with E-state index < -0.39 is 0 Å². The van der Waals surface area contributed by atoms with Crippen LogP contribution in [0.5, 0.6) is 0 Å². The largest absolute Gasteiger partial charge is 0.465 e. The van der Waals surface area contributed by atoms with E-state index in [4.69, 9.17) is 4.74 Å². The van der Waals surface area contributed by atoms with Crippen LogP contribution in [0.25, 0.3) is 31.3 Å². The monoisotopic (exact) mass is 318 g/mol. The van der Waals surface area contributed by atoms with E-state index in [1.807, 2.05) is 30.3 Å². The maximum absolute atomic E-state index is 12.1. The Bertz CT molecular complexity index is 1030. The number of rotatable bonds is 2. The molecule has 0 saturated heterocycles. The number of carbonyl (C=O) groups is 1. The van der Waals surface area contributed by atoms with Gasteiger partial charge in [-0.3, -0.25) is 0 Å². The van der Waals surface area contributed by atoms with Crippen LogP contribution < -0.4 is 0 Å². The van der Waals surface area contributed by atoms with Crippen LogP contribution in [0.4, 0.5) is 0 Å². The van der Waals surface area contributed by atoms with Crippen LogP contribution in [-0.2, 0) is 4.74 Å². The summed E-state index contributed by atoms with van der Waals surface area (Å²) in [4.78, 5) is 12.1. The summed E-state index contributed by atoms with van der Waals surface area (Å²) in [5.41, 5.74) is 2.58. The van der Waals surface area contributed by atoms with Crippen LogP contribution in [-0.4, -0.2) is 13.1 Å². The van der Waals surface area contributed by atoms with Gasteiger partial charge in [0.05, 0.1) is 12.7 Å². The number of methoxy groups -OCH3 is 1. The Balaban J connectivity index is 2.06. The van der Waals surface area contributed by atoms with Gasteiger partial charge in [0, 0.05) is 25.7 Å². The summed E-state index contributed by atoms with van der Waals surface area (Å²) in [6, 6.07) is 22.2. The first-order chi connectivity index (χ1) is 11.3. The van der Waals surface area contributed by atoms with Crippen molar-refractivity contribution >= 4 is 37.5 Å². The minimum atomic E-state index is -0.307. The van der Waals surface area contributed by atoms with Gasteiger partial charge >= 0.3 is 5.97 Å². The fraction of sp³-hybridized carbons (Fsp3) is 0.0500. The zero-order valence-electron chi connectivity index (χ0n) is 12.6. The molecular formula is C20H14O2S. The van der Waals surface area contributed by atoms with E-state index >= 15 is 0 Å². The van der Waals surface area contributed by atoms with E-state index in [0.29, 0.717) is 5.56 Å². The topological polar surface area (TPSA) is 26.3 Å². The van der Waals surface area contributed by atoms with Gasteiger partial charge < -0.3 is 4.74 Å². The Kier molecular flexibility index (Phi) is 3.36. The highest BCUT2D eigenvalue weighted by molar-refractivity contribution is 7.26. The molecule has 0 aliphatic heterocycles. The molecular weight excluding hydrogens is 304 g/mol. The van der Waals surface area contributed by atoms with Gasteiger partial charge in [-0.15, -0.1) is 11.3 Å². The highest BCUT2D eigenvalue weighted by atomic mass is 32.1.